The first-order chi connectivity index (χ1) is 10.0. The predicted molar refractivity (Wildman–Crippen MR) is 78.4 cm³/mol. The molecule has 0 aliphatic carbocycles. The summed E-state index contributed by atoms with van der Waals surface area (Å²) in [4.78, 5) is 28.9. The standard InChI is InChI=1S/C16H16N2O3/c1-10-6-15(20)14(8-17-10)16(21)18-5-4-11-2-3-13(19)7-12(11)9-18/h2-3,6-8,19H,4-5,9H2,1H3,(H,17,20). The summed E-state index contributed by atoms with van der Waals surface area (Å²) >= 11 is 0. The van der Waals surface area contributed by atoms with Crippen LogP contribution in [0.4, 0.5) is 0 Å². The van der Waals surface area contributed by atoms with Crippen molar-refractivity contribution < 1.29 is 9.90 Å². The summed E-state index contributed by atoms with van der Waals surface area (Å²) in [5.74, 6) is -0.0820. The second-order valence-electron chi connectivity index (χ2n) is 5.32. The summed E-state index contributed by atoms with van der Waals surface area (Å²) in [6.07, 6.45) is 2.20. The van der Waals surface area contributed by atoms with Crippen molar-refractivity contribution in [1.29, 1.82) is 0 Å². The Morgan fingerprint density at radius 3 is 2.86 bits per heavy atom. The zero-order valence-electron chi connectivity index (χ0n) is 11.7. The number of rotatable bonds is 1. The number of aryl methyl sites for hydroxylation is 1. The van der Waals surface area contributed by atoms with Crippen molar-refractivity contribution in [2.45, 2.75) is 19.9 Å². The Hall–Kier alpha value is -2.56. The van der Waals surface area contributed by atoms with Gasteiger partial charge in [-0.05, 0) is 36.6 Å². The van der Waals surface area contributed by atoms with Gasteiger partial charge >= 0.3 is 0 Å². The number of aromatic nitrogens is 1. The number of pyridine rings is 1. The SMILES string of the molecule is Cc1cc(=O)c(C(=O)N2CCc3ccc(O)cc3C2)c[nH]1. The van der Waals surface area contributed by atoms with Crippen LogP contribution in [0, 0.1) is 6.92 Å². The first-order valence-electron chi connectivity index (χ1n) is 6.84. The fourth-order valence-electron chi connectivity index (χ4n) is 2.63. The summed E-state index contributed by atoms with van der Waals surface area (Å²) < 4.78 is 0. The molecule has 2 aromatic rings. The number of fused-ring (bicyclic) bond motifs is 1. The van der Waals surface area contributed by atoms with Crippen LogP contribution in [0.5, 0.6) is 5.75 Å². The van der Waals surface area contributed by atoms with Crippen molar-refractivity contribution in [3.63, 3.8) is 0 Å². The summed E-state index contributed by atoms with van der Waals surface area (Å²) in [6, 6.07) is 6.64. The lowest BCUT2D eigenvalue weighted by Crippen LogP contribution is -2.38. The zero-order valence-corrected chi connectivity index (χ0v) is 11.7. The van der Waals surface area contributed by atoms with E-state index in [1.807, 2.05) is 6.07 Å². The van der Waals surface area contributed by atoms with E-state index >= 15 is 0 Å². The van der Waals surface area contributed by atoms with Crippen molar-refractivity contribution in [3.8, 4) is 5.75 Å². The molecule has 2 heterocycles. The number of carbonyl (C=O) groups is 1. The van der Waals surface area contributed by atoms with Crippen molar-refractivity contribution in [3.05, 3.63) is 63.1 Å². The van der Waals surface area contributed by atoms with Crippen molar-refractivity contribution in [2.75, 3.05) is 6.54 Å². The number of nitrogens with zero attached hydrogens (tertiary/aromatic N) is 1. The molecular formula is C16H16N2O3. The highest BCUT2D eigenvalue weighted by atomic mass is 16.3. The minimum atomic E-state index is -0.273. The van der Waals surface area contributed by atoms with Crippen LogP contribution in [-0.2, 0) is 13.0 Å². The van der Waals surface area contributed by atoms with Crippen LogP contribution in [0.2, 0.25) is 0 Å². The van der Waals surface area contributed by atoms with Crippen LogP contribution in [0.15, 0.2) is 35.3 Å². The van der Waals surface area contributed by atoms with Crippen LogP contribution in [0.3, 0.4) is 0 Å². The molecule has 1 aliphatic rings. The minimum absolute atomic E-state index is 0.157. The molecule has 0 fully saturated rings. The van der Waals surface area contributed by atoms with Crippen molar-refractivity contribution >= 4 is 5.91 Å². The van der Waals surface area contributed by atoms with Gasteiger partial charge < -0.3 is 15.0 Å². The molecule has 0 spiro atoms. The van der Waals surface area contributed by atoms with E-state index in [0.717, 1.165) is 23.2 Å². The molecule has 108 valence electrons. The predicted octanol–water partition coefficient (Wildman–Crippen LogP) is 1.59. The van der Waals surface area contributed by atoms with Gasteiger partial charge in [-0.1, -0.05) is 6.07 Å². The fraction of sp³-hybridized carbons (Fsp3) is 0.250. The van der Waals surface area contributed by atoms with E-state index in [2.05, 4.69) is 4.98 Å². The number of phenols is 1. The topological polar surface area (TPSA) is 73.4 Å². The fourth-order valence-corrected chi connectivity index (χ4v) is 2.63. The lowest BCUT2D eigenvalue weighted by atomic mass is 9.99. The molecule has 0 saturated carbocycles. The molecule has 1 aliphatic heterocycles. The Morgan fingerprint density at radius 1 is 1.29 bits per heavy atom. The van der Waals surface area contributed by atoms with Crippen molar-refractivity contribution in [2.24, 2.45) is 0 Å². The second-order valence-corrected chi connectivity index (χ2v) is 5.32. The molecule has 0 saturated heterocycles. The van der Waals surface area contributed by atoms with Crippen LogP contribution >= 0.6 is 0 Å². The molecule has 0 atom stereocenters. The third-order valence-corrected chi connectivity index (χ3v) is 3.78. The first-order valence-corrected chi connectivity index (χ1v) is 6.84. The van der Waals surface area contributed by atoms with Crippen LogP contribution < -0.4 is 5.43 Å². The van der Waals surface area contributed by atoms with Gasteiger partial charge in [-0.3, -0.25) is 9.59 Å². The van der Waals surface area contributed by atoms with Gasteiger partial charge in [-0.15, -0.1) is 0 Å². The largest absolute Gasteiger partial charge is 0.508 e. The molecule has 5 nitrogen and oxygen atoms in total. The van der Waals surface area contributed by atoms with E-state index in [-0.39, 0.29) is 22.6 Å². The highest BCUT2D eigenvalue weighted by Crippen LogP contribution is 2.23. The second kappa shape index (κ2) is 5.09. The molecule has 0 unspecified atom stereocenters. The van der Waals surface area contributed by atoms with Gasteiger partial charge in [-0.25, -0.2) is 0 Å². The lowest BCUT2D eigenvalue weighted by Gasteiger charge is -2.28. The van der Waals surface area contributed by atoms with Crippen LogP contribution in [-0.4, -0.2) is 27.4 Å². The molecule has 1 amide bonds. The van der Waals surface area contributed by atoms with Gasteiger partial charge in [0.2, 0.25) is 0 Å². The number of nitrogens with one attached hydrogen (secondary N) is 1. The summed E-state index contributed by atoms with van der Waals surface area (Å²) in [6.45, 7) is 2.76. The molecular weight excluding hydrogens is 268 g/mol. The van der Waals surface area contributed by atoms with Crippen molar-refractivity contribution in [1.82, 2.24) is 9.88 Å². The van der Waals surface area contributed by atoms with Gasteiger partial charge in [0.1, 0.15) is 11.3 Å². The van der Waals surface area contributed by atoms with Gasteiger partial charge in [0, 0.05) is 31.0 Å². The molecule has 21 heavy (non-hydrogen) atoms. The van der Waals surface area contributed by atoms with Gasteiger partial charge in [0.25, 0.3) is 5.91 Å². The molecule has 0 radical (unpaired) electrons. The van der Waals surface area contributed by atoms with Crippen LogP contribution in [0.1, 0.15) is 27.2 Å². The smallest absolute Gasteiger partial charge is 0.259 e. The molecule has 0 bridgehead atoms. The average Bonchev–Trinajstić information content (AvgIpc) is 2.46. The van der Waals surface area contributed by atoms with E-state index in [0.29, 0.717) is 13.1 Å². The third-order valence-electron chi connectivity index (χ3n) is 3.78. The number of hydrogen-bond donors (Lipinski definition) is 2. The third kappa shape index (κ3) is 2.54. The molecule has 2 N–H and O–H groups in total. The highest BCUT2D eigenvalue weighted by molar-refractivity contribution is 5.94. The highest BCUT2D eigenvalue weighted by Gasteiger charge is 2.23. The number of H-pyrrole nitrogens is 1. The summed E-state index contributed by atoms with van der Waals surface area (Å²) in [5, 5.41) is 9.55. The first kappa shape index (κ1) is 13.4. The maximum Gasteiger partial charge on any atom is 0.259 e. The maximum atomic E-state index is 12.5. The lowest BCUT2D eigenvalue weighted by molar-refractivity contribution is 0.0732. The zero-order chi connectivity index (χ0) is 15.0. The quantitative estimate of drug-likeness (QED) is 0.835. The summed E-state index contributed by atoms with van der Waals surface area (Å²) in [5.41, 5.74) is 2.68. The Balaban J connectivity index is 1.88. The van der Waals surface area contributed by atoms with Gasteiger partial charge in [-0.2, -0.15) is 0 Å². The van der Waals surface area contributed by atoms with Gasteiger partial charge in [0.05, 0.1) is 0 Å². The Bertz CT molecular complexity index is 764. The summed E-state index contributed by atoms with van der Waals surface area (Å²) in [7, 11) is 0. The van der Waals surface area contributed by atoms with E-state index in [1.165, 1.54) is 12.3 Å². The Kier molecular flexibility index (Phi) is 3.25. The van der Waals surface area contributed by atoms with Gasteiger partial charge in [0.15, 0.2) is 5.43 Å². The minimum Gasteiger partial charge on any atom is -0.508 e. The number of hydrogen-bond acceptors (Lipinski definition) is 3. The number of aromatic amines is 1. The van der Waals surface area contributed by atoms with E-state index in [1.54, 1.807) is 24.0 Å². The number of aromatic hydroxyl groups is 1. The molecule has 5 heteroatoms. The van der Waals surface area contributed by atoms with E-state index < -0.39 is 0 Å². The van der Waals surface area contributed by atoms with E-state index in [4.69, 9.17) is 0 Å². The number of benzene rings is 1. The normalized spacial score (nSPS) is 13.9. The number of amides is 1. The molecule has 1 aromatic carbocycles. The molecule has 1 aromatic heterocycles. The monoisotopic (exact) mass is 284 g/mol. The molecule has 3 rings (SSSR count). The van der Waals surface area contributed by atoms with E-state index in [9.17, 15) is 14.7 Å². The Labute approximate surface area is 121 Å². The maximum absolute atomic E-state index is 12.5. The average molecular weight is 284 g/mol. The number of phenolic OH excluding ortho intramolecular Hbond substituents is 1. The Morgan fingerprint density at radius 2 is 2.10 bits per heavy atom. The number of carbonyl (C=O) groups excluding carboxylic acids is 1. The van der Waals surface area contributed by atoms with Crippen LogP contribution in [0.25, 0.3) is 0 Å².